The second-order valence-electron chi connectivity index (χ2n) is 6.70. The van der Waals surface area contributed by atoms with Crippen LogP contribution in [-0.2, 0) is 19.4 Å². The Kier molecular flexibility index (Phi) is 3.92. The molecule has 0 radical (unpaired) electrons. The standard InChI is InChI=1S/C17H21N5O2/c23-16-10-13-2-1-3-14(13)20-22(16)11-12-5-8-21(9-6-12)17(24)15-4-7-18-19-15/h4,7,10,12H,1-3,5-6,8-9,11H2,(H,18,19). The van der Waals surface area contributed by atoms with Crippen LogP contribution in [0.5, 0.6) is 0 Å². The monoisotopic (exact) mass is 327 g/mol. The molecule has 7 heteroatoms. The Morgan fingerprint density at radius 3 is 2.88 bits per heavy atom. The van der Waals surface area contributed by atoms with Crippen LogP contribution < -0.4 is 5.56 Å². The van der Waals surface area contributed by atoms with E-state index in [2.05, 4.69) is 15.3 Å². The van der Waals surface area contributed by atoms with Crippen LogP contribution in [0, 0.1) is 5.92 Å². The van der Waals surface area contributed by atoms with E-state index in [1.54, 1.807) is 23.0 Å². The van der Waals surface area contributed by atoms with E-state index in [0.29, 0.717) is 31.2 Å². The molecule has 24 heavy (non-hydrogen) atoms. The van der Waals surface area contributed by atoms with E-state index in [1.165, 1.54) is 0 Å². The molecule has 1 N–H and O–H groups in total. The molecule has 1 amide bonds. The van der Waals surface area contributed by atoms with Crippen LogP contribution in [0.3, 0.4) is 0 Å². The van der Waals surface area contributed by atoms with Crippen molar-refractivity contribution in [2.24, 2.45) is 5.92 Å². The van der Waals surface area contributed by atoms with Crippen LogP contribution >= 0.6 is 0 Å². The van der Waals surface area contributed by atoms with Crippen molar-refractivity contribution in [2.45, 2.75) is 38.6 Å². The number of H-pyrrole nitrogens is 1. The number of amides is 1. The Morgan fingerprint density at radius 2 is 2.12 bits per heavy atom. The van der Waals surface area contributed by atoms with Gasteiger partial charge in [0.15, 0.2) is 0 Å². The third-order valence-electron chi connectivity index (χ3n) is 5.09. The van der Waals surface area contributed by atoms with Crippen molar-refractivity contribution in [2.75, 3.05) is 13.1 Å². The van der Waals surface area contributed by atoms with Crippen LogP contribution in [0.2, 0.25) is 0 Å². The van der Waals surface area contributed by atoms with Crippen LogP contribution in [0.15, 0.2) is 23.1 Å². The minimum Gasteiger partial charge on any atom is -0.337 e. The van der Waals surface area contributed by atoms with Crippen molar-refractivity contribution < 1.29 is 4.79 Å². The zero-order chi connectivity index (χ0) is 16.5. The Balaban J connectivity index is 1.38. The van der Waals surface area contributed by atoms with Gasteiger partial charge >= 0.3 is 0 Å². The molecule has 2 aromatic heterocycles. The second-order valence-corrected chi connectivity index (χ2v) is 6.70. The summed E-state index contributed by atoms with van der Waals surface area (Å²) in [4.78, 5) is 26.4. The summed E-state index contributed by atoms with van der Waals surface area (Å²) in [6.45, 7) is 2.07. The molecule has 2 aromatic rings. The van der Waals surface area contributed by atoms with Gasteiger partial charge in [-0.1, -0.05) is 0 Å². The number of hydrogen-bond donors (Lipinski definition) is 1. The maximum absolute atomic E-state index is 12.3. The average Bonchev–Trinajstić information content (AvgIpc) is 3.26. The van der Waals surface area contributed by atoms with E-state index in [0.717, 1.165) is 43.4 Å². The Bertz CT molecular complexity index is 788. The van der Waals surface area contributed by atoms with E-state index in [4.69, 9.17) is 0 Å². The van der Waals surface area contributed by atoms with Crippen molar-refractivity contribution in [1.29, 1.82) is 0 Å². The van der Waals surface area contributed by atoms with Gasteiger partial charge in [-0.15, -0.1) is 0 Å². The predicted octanol–water partition coefficient (Wildman–Crippen LogP) is 1.01. The highest BCUT2D eigenvalue weighted by Gasteiger charge is 2.25. The highest BCUT2D eigenvalue weighted by atomic mass is 16.2. The predicted molar refractivity (Wildman–Crippen MR) is 87.7 cm³/mol. The van der Waals surface area contributed by atoms with Crippen LogP contribution in [0.4, 0.5) is 0 Å². The summed E-state index contributed by atoms with van der Waals surface area (Å²) in [6, 6.07) is 3.45. The fourth-order valence-corrected chi connectivity index (χ4v) is 3.68. The number of aromatic nitrogens is 4. The minimum absolute atomic E-state index is 0.00114. The number of rotatable bonds is 3. The fourth-order valence-electron chi connectivity index (χ4n) is 3.68. The van der Waals surface area contributed by atoms with Gasteiger partial charge in [0, 0.05) is 31.9 Å². The number of nitrogens with zero attached hydrogens (tertiary/aromatic N) is 4. The Labute approximate surface area is 139 Å². The molecule has 3 heterocycles. The van der Waals surface area contributed by atoms with Gasteiger partial charge in [-0.3, -0.25) is 14.7 Å². The van der Waals surface area contributed by atoms with E-state index >= 15 is 0 Å². The molecule has 0 spiro atoms. The number of aryl methyl sites for hydroxylation is 2. The topological polar surface area (TPSA) is 83.9 Å². The van der Waals surface area contributed by atoms with Crippen LogP contribution in [0.1, 0.15) is 41.0 Å². The third kappa shape index (κ3) is 2.86. The quantitative estimate of drug-likeness (QED) is 0.912. The number of carbonyl (C=O) groups excluding carboxylic acids is 1. The van der Waals surface area contributed by atoms with Gasteiger partial charge in [-0.25, -0.2) is 4.68 Å². The maximum atomic E-state index is 12.3. The molecular weight excluding hydrogens is 306 g/mol. The first-order valence-corrected chi connectivity index (χ1v) is 8.59. The normalized spacial score (nSPS) is 17.9. The van der Waals surface area contributed by atoms with Gasteiger partial charge in [0.2, 0.25) is 0 Å². The summed E-state index contributed by atoms with van der Waals surface area (Å²) in [5.74, 6) is 0.388. The minimum atomic E-state index is -0.00114. The molecule has 7 nitrogen and oxygen atoms in total. The number of piperidine rings is 1. The van der Waals surface area contributed by atoms with Crippen molar-refractivity contribution in [1.82, 2.24) is 24.9 Å². The molecule has 126 valence electrons. The molecule has 1 saturated heterocycles. The lowest BCUT2D eigenvalue weighted by atomic mass is 9.96. The van der Waals surface area contributed by atoms with Crippen molar-refractivity contribution in [3.8, 4) is 0 Å². The average molecular weight is 327 g/mol. The number of fused-ring (bicyclic) bond motifs is 1. The number of likely N-dealkylation sites (tertiary alicyclic amines) is 1. The lowest BCUT2D eigenvalue weighted by Gasteiger charge is -2.31. The number of carbonyl (C=O) groups is 1. The zero-order valence-corrected chi connectivity index (χ0v) is 13.6. The molecule has 0 aromatic carbocycles. The summed E-state index contributed by atoms with van der Waals surface area (Å²) in [5.41, 5.74) is 2.74. The van der Waals surface area contributed by atoms with Gasteiger partial charge in [-0.2, -0.15) is 10.2 Å². The van der Waals surface area contributed by atoms with Gasteiger partial charge < -0.3 is 4.90 Å². The first-order valence-electron chi connectivity index (χ1n) is 8.59. The van der Waals surface area contributed by atoms with Gasteiger partial charge in [0.1, 0.15) is 5.69 Å². The van der Waals surface area contributed by atoms with Crippen molar-refractivity contribution in [3.63, 3.8) is 0 Å². The number of nitrogens with one attached hydrogen (secondary N) is 1. The molecular formula is C17H21N5O2. The third-order valence-corrected chi connectivity index (χ3v) is 5.09. The first-order chi connectivity index (χ1) is 11.7. The van der Waals surface area contributed by atoms with Crippen LogP contribution in [0.25, 0.3) is 0 Å². The van der Waals surface area contributed by atoms with Gasteiger partial charge in [-0.05, 0) is 49.7 Å². The largest absolute Gasteiger partial charge is 0.337 e. The van der Waals surface area contributed by atoms with Crippen LogP contribution in [-0.4, -0.2) is 43.9 Å². The molecule has 0 atom stereocenters. The van der Waals surface area contributed by atoms with Crippen molar-refractivity contribution in [3.05, 3.63) is 45.6 Å². The molecule has 4 rings (SSSR count). The molecule has 0 saturated carbocycles. The van der Waals surface area contributed by atoms with E-state index in [1.807, 2.05) is 4.90 Å². The highest BCUT2D eigenvalue weighted by molar-refractivity contribution is 5.92. The number of hydrogen-bond acceptors (Lipinski definition) is 4. The van der Waals surface area contributed by atoms with E-state index in [-0.39, 0.29) is 11.5 Å². The van der Waals surface area contributed by atoms with E-state index in [9.17, 15) is 9.59 Å². The lowest BCUT2D eigenvalue weighted by molar-refractivity contribution is 0.0674. The van der Waals surface area contributed by atoms with Gasteiger partial charge in [0.05, 0.1) is 5.69 Å². The maximum Gasteiger partial charge on any atom is 0.271 e. The van der Waals surface area contributed by atoms with Crippen molar-refractivity contribution >= 4 is 5.91 Å². The summed E-state index contributed by atoms with van der Waals surface area (Å²) in [6.07, 6.45) is 6.43. The number of aromatic amines is 1. The summed E-state index contributed by atoms with van der Waals surface area (Å²) >= 11 is 0. The summed E-state index contributed by atoms with van der Waals surface area (Å²) in [7, 11) is 0. The summed E-state index contributed by atoms with van der Waals surface area (Å²) < 4.78 is 1.63. The highest BCUT2D eigenvalue weighted by Crippen LogP contribution is 2.21. The molecule has 0 bridgehead atoms. The van der Waals surface area contributed by atoms with E-state index < -0.39 is 0 Å². The molecule has 2 aliphatic rings. The Hall–Kier alpha value is -2.44. The molecule has 0 unspecified atom stereocenters. The second kappa shape index (κ2) is 6.22. The molecule has 1 fully saturated rings. The summed E-state index contributed by atoms with van der Waals surface area (Å²) in [5, 5.41) is 11.1. The SMILES string of the molecule is O=C(c1ccn[nH]1)N1CCC(Cn2nc3c(cc2=O)CCC3)CC1. The fraction of sp³-hybridized carbons (Fsp3) is 0.529. The molecule has 1 aliphatic carbocycles. The first kappa shape index (κ1) is 15.1. The Morgan fingerprint density at radius 1 is 1.29 bits per heavy atom. The zero-order valence-electron chi connectivity index (χ0n) is 13.6. The smallest absolute Gasteiger partial charge is 0.271 e. The van der Waals surface area contributed by atoms with Gasteiger partial charge in [0.25, 0.3) is 11.5 Å². The molecule has 1 aliphatic heterocycles. The lowest BCUT2D eigenvalue weighted by Crippen LogP contribution is -2.40.